The predicted molar refractivity (Wildman–Crippen MR) is 123 cm³/mol. The Bertz CT molecular complexity index is 1370. The van der Waals surface area contributed by atoms with E-state index in [-0.39, 0.29) is 11.6 Å². The SMILES string of the molecule is Cc1nsc(Nc2cc(C#N)ccn2)c1C(O)Nc1ccc(Oc2cccc(C(F)(F)F)c2)nc1. The molecule has 0 bridgehead atoms. The summed E-state index contributed by atoms with van der Waals surface area (Å²) in [5.41, 5.74) is 1.13. The van der Waals surface area contributed by atoms with Crippen LogP contribution in [0.3, 0.4) is 0 Å². The molecule has 4 aromatic rings. The number of benzene rings is 1. The second kappa shape index (κ2) is 9.96. The molecule has 0 aliphatic heterocycles. The van der Waals surface area contributed by atoms with Gasteiger partial charge >= 0.3 is 6.18 Å². The Balaban J connectivity index is 1.45. The molecule has 3 heterocycles. The van der Waals surface area contributed by atoms with Crippen molar-refractivity contribution in [1.82, 2.24) is 14.3 Å². The van der Waals surface area contributed by atoms with Crippen LogP contribution in [0.25, 0.3) is 0 Å². The third-order valence-electron chi connectivity index (χ3n) is 4.74. The van der Waals surface area contributed by atoms with Gasteiger partial charge in [-0.25, -0.2) is 9.97 Å². The number of aliphatic hydroxyl groups is 1. The molecule has 3 aromatic heterocycles. The largest absolute Gasteiger partial charge is 0.439 e. The van der Waals surface area contributed by atoms with E-state index in [1.165, 1.54) is 30.6 Å². The summed E-state index contributed by atoms with van der Waals surface area (Å²) in [7, 11) is 0. The maximum absolute atomic E-state index is 12.9. The summed E-state index contributed by atoms with van der Waals surface area (Å²) in [6.45, 7) is 1.74. The minimum Gasteiger partial charge on any atom is -0.439 e. The van der Waals surface area contributed by atoms with E-state index < -0.39 is 18.0 Å². The lowest BCUT2D eigenvalue weighted by Crippen LogP contribution is -2.12. The zero-order valence-corrected chi connectivity index (χ0v) is 18.9. The number of aliphatic hydroxyl groups excluding tert-OH is 1. The molecule has 3 N–H and O–H groups in total. The Morgan fingerprint density at radius 2 is 1.97 bits per heavy atom. The lowest BCUT2D eigenvalue weighted by molar-refractivity contribution is -0.137. The number of hydrogen-bond donors (Lipinski definition) is 3. The summed E-state index contributed by atoms with van der Waals surface area (Å²) in [5, 5.41) is 26.4. The molecule has 35 heavy (non-hydrogen) atoms. The van der Waals surface area contributed by atoms with Gasteiger partial charge in [-0.2, -0.15) is 22.8 Å². The van der Waals surface area contributed by atoms with Gasteiger partial charge in [0, 0.05) is 12.3 Å². The van der Waals surface area contributed by atoms with Crippen molar-refractivity contribution in [3.8, 4) is 17.7 Å². The molecular formula is C23H17F3N6O2S. The number of aryl methyl sites for hydroxylation is 1. The van der Waals surface area contributed by atoms with Gasteiger partial charge < -0.3 is 20.5 Å². The lowest BCUT2D eigenvalue weighted by atomic mass is 10.2. The van der Waals surface area contributed by atoms with Crippen LogP contribution >= 0.6 is 11.5 Å². The fraction of sp³-hybridized carbons (Fsp3) is 0.130. The second-order valence-electron chi connectivity index (χ2n) is 7.24. The molecule has 1 atom stereocenters. The maximum Gasteiger partial charge on any atom is 0.416 e. The molecule has 1 unspecified atom stereocenters. The van der Waals surface area contributed by atoms with Gasteiger partial charge in [-0.05, 0) is 54.9 Å². The predicted octanol–water partition coefficient (Wildman–Crippen LogP) is 5.77. The summed E-state index contributed by atoms with van der Waals surface area (Å²) in [6.07, 6.45) is -2.76. The summed E-state index contributed by atoms with van der Waals surface area (Å²) in [5.74, 6) is 0.514. The van der Waals surface area contributed by atoms with Crippen molar-refractivity contribution in [3.63, 3.8) is 0 Å². The highest BCUT2D eigenvalue weighted by molar-refractivity contribution is 7.10. The highest BCUT2D eigenvalue weighted by Crippen LogP contribution is 2.34. The molecule has 1 aromatic carbocycles. The number of anilines is 3. The van der Waals surface area contributed by atoms with E-state index >= 15 is 0 Å². The molecule has 4 rings (SSSR count). The van der Waals surface area contributed by atoms with Crippen molar-refractivity contribution in [2.75, 3.05) is 10.6 Å². The van der Waals surface area contributed by atoms with E-state index in [1.54, 1.807) is 25.1 Å². The fourth-order valence-electron chi connectivity index (χ4n) is 3.09. The van der Waals surface area contributed by atoms with Gasteiger partial charge in [0.05, 0.1) is 40.3 Å². The van der Waals surface area contributed by atoms with Gasteiger partial charge in [-0.3, -0.25) is 0 Å². The average Bonchev–Trinajstić information content (AvgIpc) is 3.20. The van der Waals surface area contributed by atoms with Crippen LogP contribution in [0.5, 0.6) is 11.6 Å². The highest BCUT2D eigenvalue weighted by atomic mass is 32.1. The molecule has 178 valence electrons. The minimum atomic E-state index is -4.48. The Morgan fingerprint density at radius 3 is 2.69 bits per heavy atom. The van der Waals surface area contributed by atoms with Crippen LogP contribution in [0.15, 0.2) is 60.9 Å². The van der Waals surface area contributed by atoms with Gasteiger partial charge in [0.1, 0.15) is 16.6 Å². The van der Waals surface area contributed by atoms with Crippen molar-refractivity contribution in [2.45, 2.75) is 19.3 Å². The number of halogens is 3. The van der Waals surface area contributed by atoms with Crippen molar-refractivity contribution in [3.05, 3.63) is 83.3 Å². The first-order valence-electron chi connectivity index (χ1n) is 10.1. The third-order valence-corrected chi connectivity index (χ3v) is 5.61. The molecule has 0 spiro atoms. The quantitative estimate of drug-likeness (QED) is 0.275. The van der Waals surface area contributed by atoms with E-state index in [0.717, 1.165) is 23.7 Å². The first-order chi connectivity index (χ1) is 16.7. The van der Waals surface area contributed by atoms with Gasteiger partial charge in [-0.1, -0.05) is 6.07 Å². The number of rotatable bonds is 7. The Labute approximate surface area is 201 Å². The molecule has 0 fully saturated rings. The normalized spacial score (nSPS) is 12.0. The molecule has 0 aliphatic carbocycles. The van der Waals surface area contributed by atoms with Gasteiger partial charge in [0.15, 0.2) is 6.23 Å². The number of nitriles is 1. The van der Waals surface area contributed by atoms with Crippen LogP contribution in [-0.2, 0) is 6.18 Å². The molecule has 0 radical (unpaired) electrons. The van der Waals surface area contributed by atoms with Gasteiger partial charge in [-0.15, -0.1) is 0 Å². The fourth-order valence-corrected chi connectivity index (χ4v) is 3.92. The number of ether oxygens (including phenoxy) is 1. The summed E-state index contributed by atoms with van der Waals surface area (Å²) in [4.78, 5) is 8.25. The zero-order chi connectivity index (χ0) is 25.0. The van der Waals surface area contributed by atoms with E-state index in [0.29, 0.717) is 33.3 Å². The van der Waals surface area contributed by atoms with E-state index in [9.17, 15) is 18.3 Å². The van der Waals surface area contributed by atoms with Crippen LogP contribution in [0.2, 0.25) is 0 Å². The van der Waals surface area contributed by atoms with Crippen LogP contribution in [0, 0.1) is 18.3 Å². The Hall–Kier alpha value is -4.21. The van der Waals surface area contributed by atoms with Crippen LogP contribution < -0.4 is 15.4 Å². The second-order valence-corrected chi connectivity index (χ2v) is 8.01. The summed E-state index contributed by atoms with van der Waals surface area (Å²) in [6, 6.07) is 12.7. The Morgan fingerprint density at radius 1 is 1.14 bits per heavy atom. The number of hydrogen-bond acceptors (Lipinski definition) is 9. The number of nitrogens with one attached hydrogen (secondary N) is 2. The molecule has 0 amide bonds. The molecule has 0 aliphatic rings. The van der Waals surface area contributed by atoms with Gasteiger partial charge in [0.25, 0.3) is 0 Å². The van der Waals surface area contributed by atoms with Crippen molar-refractivity contribution < 1.29 is 23.0 Å². The molecular weight excluding hydrogens is 481 g/mol. The molecule has 8 nitrogen and oxygen atoms in total. The number of nitrogens with zero attached hydrogens (tertiary/aromatic N) is 4. The van der Waals surface area contributed by atoms with E-state index in [4.69, 9.17) is 10.00 Å². The molecule has 0 saturated heterocycles. The number of pyridine rings is 2. The van der Waals surface area contributed by atoms with Crippen molar-refractivity contribution >= 4 is 28.0 Å². The highest BCUT2D eigenvalue weighted by Gasteiger charge is 2.30. The molecule has 12 heteroatoms. The monoisotopic (exact) mass is 498 g/mol. The zero-order valence-electron chi connectivity index (χ0n) is 18.0. The van der Waals surface area contributed by atoms with Crippen LogP contribution in [-0.4, -0.2) is 19.4 Å². The maximum atomic E-state index is 12.9. The minimum absolute atomic E-state index is 0.00201. The summed E-state index contributed by atoms with van der Waals surface area (Å²) >= 11 is 1.13. The number of alkyl halides is 3. The summed E-state index contributed by atoms with van der Waals surface area (Å²) < 4.78 is 48.3. The van der Waals surface area contributed by atoms with Crippen molar-refractivity contribution in [1.29, 1.82) is 5.26 Å². The van der Waals surface area contributed by atoms with E-state index in [2.05, 4.69) is 25.0 Å². The topological polar surface area (TPSA) is 116 Å². The first kappa shape index (κ1) is 23.9. The van der Waals surface area contributed by atoms with Crippen LogP contribution in [0.4, 0.5) is 29.7 Å². The van der Waals surface area contributed by atoms with Gasteiger partial charge in [0.2, 0.25) is 5.88 Å². The standard InChI is InChI=1S/C23H17F3N6O2S/c1-13-20(22(35-32-13)31-18-9-14(11-27)7-8-28-18)21(33)30-16-5-6-19(29-12-16)34-17-4-2-3-15(10-17)23(24,25)26/h2-10,12,21,30,33H,1H3,(H,28,31). The number of aromatic nitrogens is 3. The average molecular weight is 498 g/mol. The molecule has 0 saturated carbocycles. The van der Waals surface area contributed by atoms with E-state index in [1.807, 2.05) is 6.07 Å². The Kier molecular flexibility index (Phi) is 6.81. The first-order valence-corrected chi connectivity index (χ1v) is 10.9. The van der Waals surface area contributed by atoms with Crippen LogP contribution in [0.1, 0.15) is 28.6 Å². The lowest BCUT2D eigenvalue weighted by Gasteiger charge is -2.16. The van der Waals surface area contributed by atoms with Crippen molar-refractivity contribution in [2.24, 2.45) is 0 Å². The third kappa shape index (κ3) is 5.84. The smallest absolute Gasteiger partial charge is 0.416 e.